The van der Waals surface area contributed by atoms with Gasteiger partial charge in [0.2, 0.25) is 10.0 Å². The van der Waals surface area contributed by atoms with Gasteiger partial charge in [-0.05, 0) is 43.2 Å². The SMILES string of the molecule is CC(=O)c1cccc(Nc2ccc(NS(=O)(=O)CCc3ccccc3)nn2)c1. The van der Waals surface area contributed by atoms with Crippen LogP contribution in [0.25, 0.3) is 0 Å². The smallest absolute Gasteiger partial charge is 0.234 e. The summed E-state index contributed by atoms with van der Waals surface area (Å²) in [5.41, 5.74) is 2.23. The summed E-state index contributed by atoms with van der Waals surface area (Å²) < 4.78 is 26.9. The number of benzene rings is 2. The normalized spacial score (nSPS) is 11.0. The Morgan fingerprint density at radius 3 is 2.32 bits per heavy atom. The van der Waals surface area contributed by atoms with E-state index in [9.17, 15) is 13.2 Å². The molecular weight excluding hydrogens is 376 g/mol. The van der Waals surface area contributed by atoms with Gasteiger partial charge in [-0.2, -0.15) is 0 Å². The van der Waals surface area contributed by atoms with Crippen LogP contribution in [0.3, 0.4) is 0 Å². The van der Waals surface area contributed by atoms with Gasteiger partial charge in [0.1, 0.15) is 0 Å². The molecule has 0 radical (unpaired) electrons. The minimum atomic E-state index is -3.53. The third kappa shape index (κ3) is 5.62. The van der Waals surface area contributed by atoms with E-state index in [2.05, 4.69) is 20.2 Å². The summed E-state index contributed by atoms with van der Waals surface area (Å²) >= 11 is 0. The minimum absolute atomic E-state index is 0.0324. The standard InChI is InChI=1S/C20H20N4O3S/c1-15(25)17-8-5-9-18(14-17)21-19-10-11-20(23-22-19)24-28(26,27)13-12-16-6-3-2-4-7-16/h2-11,14H,12-13H2,1H3,(H,21,22)(H,23,24). The number of Topliss-reactive ketones (excluding diaryl/α,β-unsaturated/α-hetero) is 1. The second kappa shape index (κ2) is 8.62. The zero-order valence-electron chi connectivity index (χ0n) is 15.3. The lowest BCUT2D eigenvalue weighted by molar-refractivity contribution is 0.101. The number of sulfonamides is 1. The van der Waals surface area contributed by atoms with Crippen molar-refractivity contribution in [3.8, 4) is 0 Å². The largest absolute Gasteiger partial charge is 0.339 e. The average molecular weight is 396 g/mol. The number of rotatable bonds is 8. The highest BCUT2D eigenvalue weighted by atomic mass is 32.2. The molecule has 0 aliphatic rings. The van der Waals surface area contributed by atoms with E-state index in [1.54, 1.807) is 30.3 Å². The zero-order chi connectivity index (χ0) is 20.0. The van der Waals surface area contributed by atoms with Gasteiger partial charge in [-0.3, -0.25) is 9.52 Å². The highest BCUT2D eigenvalue weighted by Gasteiger charge is 2.12. The van der Waals surface area contributed by atoms with Gasteiger partial charge in [0.25, 0.3) is 0 Å². The highest BCUT2D eigenvalue weighted by molar-refractivity contribution is 7.92. The Morgan fingerprint density at radius 1 is 0.929 bits per heavy atom. The molecule has 0 amide bonds. The molecule has 0 unspecified atom stereocenters. The number of hydrogen-bond donors (Lipinski definition) is 2. The second-order valence-electron chi connectivity index (χ2n) is 6.22. The van der Waals surface area contributed by atoms with E-state index in [4.69, 9.17) is 0 Å². The van der Waals surface area contributed by atoms with Gasteiger partial charge < -0.3 is 5.32 Å². The topological polar surface area (TPSA) is 101 Å². The number of anilines is 3. The molecule has 1 heterocycles. The Morgan fingerprint density at radius 2 is 1.64 bits per heavy atom. The molecule has 2 aromatic carbocycles. The first-order valence-electron chi connectivity index (χ1n) is 8.67. The molecule has 0 bridgehead atoms. The van der Waals surface area contributed by atoms with Crippen LogP contribution < -0.4 is 10.0 Å². The molecule has 28 heavy (non-hydrogen) atoms. The summed E-state index contributed by atoms with van der Waals surface area (Å²) in [5, 5.41) is 10.9. The fraction of sp³-hybridized carbons (Fsp3) is 0.150. The van der Waals surface area contributed by atoms with Crippen molar-refractivity contribution >= 4 is 33.1 Å². The molecular formula is C20H20N4O3S. The maximum Gasteiger partial charge on any atom is 0.234 e. The Labute approximate surface area is 163 Å². The third-order valence-corrected chi connectivity index (χ3v) is 5.23. The first-order chi connectivity index (χ1) is 13.4. The van der Waals surface area contributed by atoms with E-state index < -0.39 is 10.0 Å². The summed E-state index contributed by atoms with van der Waals surface area (Å²) in [5.74, 6) is 0.510. The van der Waals surface area contributed by atoms with Gasteiger partial charge in [-0.15, -0.1) is 10.2 Å². The summed E-state index contributed by atoms with van der Waals surface area (Å²) in [6.45, 7) is 1.50. The quantitative estimate of drug-likeness (QED) is 0.566. The molecule has 0 saturated heterocycles. The van der Waals surface area contributed by atoms with Crippen molar-refractivity contribution in [3.05, 3.63) is 77.9 Å². The highest BCUT2D eigenvalue weighted by Crippen LogP contribution is 2.17. The van der Waals surface area contributed by atoms with Crippen molar-refractivity contribution in [1.82, 2.24) is 10.2 Å². The molecule has 0 fully saturated rings. The van der Waals surface area contributed by atoms with Crippen LogP contribution >= 0.6 is 0 Å². The van der Waals surface area contributed by atoms with E-state index in [1.165, 1.54) is 13.0 Å². The Hall–Kier alpha value is -3.26. The molecule has 3 rings (SSSR count). The molecule has 0 spiro atoms. The zero-order valence-corrected chi connectivity index (χ0v) is 16.1. The van der Waals surface area contributed by atoms with E-state index in [1.807, 2.05) is 30.3 Å². The van der Waals surface area contributed by atoms with Crippen molar-refractivity contribution in [2.45, 2.75) is 13.3 Å². The number of aryl methyl sites for hydroxylation is 1. The lowest BCUT2D eigenvalue weighted by Gasteiger charge is -2.09. The summed E-state index contributed by atoms with van der Waals surface area (Å²) in [7, 11) is -3.53. The molecule has 1 aromatic heterocycles. The van der Waals surface area contributed by atoms with Crippen molar-refractivity contribution in [2.24, 2.45) is 0 Å². The Kier molecular flexibility index (Phi) is 6.00. The predicted molar refractivity (Wildman–Crippen MR) is 109 cm³/mol. The monoisotopic (exact) mass is 396 g/mol. The maximum atomic E-state index is 12.2. The molecule has 0 aliphatic heterocycles. The number of carbonyl (C=O) groups is 1. The molecule has 8 heteroatoms. The summed E-state index contributed by atoms with van der Waals surface area (Å²) in [4.78, 5) is 11.5. The third-order valence-electron chi connectivity index (χ3n) is 3.97. The molecule has 2 N–H and O–H groups in total. The maximum absolute atomic E-state index is 12.2. The summed E-state index contributed by atoms with van der Waals surface area (Å²) in [6, 6.07) is 19.6. The van der Waals surface area contributed by atoms with Gasteiger partial charge in [0.15, 0.2) is 17.4 Å². The van der Waals surface area contributed by atoms with Crippen LogP contribution in [0.1, 0.15) is 22.8 Å². The number of hydrogen-bond acceptors (Lipinski definition) is 6. The van der Waals surface area contributed by atoms with Gasteiger partial charge in [-0.1, -0.05) is 42.5 Å². The Balaban J connectivity index is 1.61. The molecule has 0 aliphatic carbocycles. The molecule has 7 nitrogen and oxygen atoms in total. The predicted octanol–water partition coefficient (Wildman–Crippen LogP) is 3.41. The minimum Gasteiger partial charge on any atom is -0.339 e. The van der Waals surface area contributed by atoms with E-state index >= 15 is 0 Å². The summed E-state index contributed by atoms with van der Waals surface area (Å²) in [6.07, 6.45) is 0.412. The van der Waals surface area contributed by atoms with Crippen LogP contribution in [0.5, 0.6) is 0 Å². The van der Waals surface area contributed by atoms with Crippen molar-refractivity contribution in [2.75, 3.05) is 15.8 Å². The second-order valence-corrected chi connectivity index (χ2v) is 8.06. The number of carbonyl (C=O) groups excluding carboxylic acids is 1. The van der Waals surface area contributed by atoms with Gasteiger partial charge in [-0.25, -0.2) is 8.42 Å². The van der Waals surface area contributed by atoms with Crippen molar-refractivity contribution < 1.29 is 13.2 Å². The average Bonchev–Trinajstić information content (AvgIpc) is 2.69. The van der Waals surface area contributed by atoms with Gasteiger partial charge in [0, 0.05) is 11.3 Å². The van der Waals surface area contributed by atoms with Gasteiger partial charge in [0.05, 0.1) is 5.75 Å². The Bertz CT molecular complexity index is 1050. The number of ketones is 1. The van der Waals surface area contributed by atoms with Crippen LogP contribution in [-0.2, 0) is 16.4 Å². The molecule has 144 valence electrons. The number of nitrogens with one attached hydrogen (secondary N) is 2. The van der Waals surface area contributed by atoms with Crippen LogP contribution in [0.4, 0.5) is 17.3 Å². The molecule has 0 saturated carbocycles. The molecule has 0 atom stereocenters. The number of aromatic nitrogens is 2. The lowest BCUT2D eigenvalue weighted by atomic mass is 10.1. The first-order valence-corrected chi connectivity index (χ1v) is 10.3. The van der Waals surface area contributed by atoms with Crippen molar-refractivity contribution in [1.29, 1.82) is 0 Å². The van der Waals surface area contributed by atoms with Crippen LogP contribution in [0.2, 0.25) is 0 Å². The van der Waals surface area contributed by atoms with Crippen LogP contribution in [-0.4, -0.2) is 30.2 Å². The lowest BCUT2D eigenvalue weighted by Crippen LogP contribution is -2.19. The van der Waals surface area contributed by atoms with Crippen LogP contribution in [0.15, 0.2) is 66.7 Å². The fourth-order valence-electron chi connectivity index (χ4n) is 2.52. The van der Waals surface area contributed by atoms with E-state index in [-0.39, 0.29) is 17.4 Å². The van der Waals surface area contributed by atoms with E-state index in [0.29, 0.717) is 23.5 Å². The first kappa shape index (κ1) is 19.5. The molecule has 3 aromatic rings. The fourth-order valence-corrected chi connectivity index (χ4v) is 3.56. The van der Waals surface area contributed by atoms with Gasteiger partial charge >= 0.3 is 0 Å². The van der Waals surface area contributed by atoms with Crippen molar-refractivity contribution in [3.63, 3.8) is 0 Å². The number of nitrogens with zero attached hydrogens (tertiary/aromatic N) is 2. The van der Waals surface area contributed by atoms with E-state index in [0.717, 1.165) is 5.56 Å². The van der Waals surface area contributed by atoms with Crippen LogP contribution in [0, 0.1) is 0 Å².